The van der Waals surface area contributed by atoms with Gasteiger partial charge in [-0.2, -0.15) is 0 Å². The van der Waals surface area contributed by atoms with E-state index in [-0.39, 0.29) is 16.7 Å². The number of ketones is 1. The molecule has 1 saturated carbocycles. The molecule has 0 bridgehead atoms. The van der Waals surface area contributed by atoms with Crippen LogP contribution in [0.2, 0.25) is 0 Å². The van der Waals surface area contributed by atoms with Gasteiger partial charge in [-0.25, -0.2) is 4.79 Å². The quantitative estimate of drug-likeness (QED) is 0.373. The smallest absolute Gasteiger partial charge is 0.383 e. The molecule has 2 rings (SSSR count). The van der Waals surface area contributed by atoms with E-state index in [1.807, 2.05) is 0 Å². The summed E-state index contributed by atoms with van der Waals surface area (Å²) in [5.74, 6) is -1.53. The highest BCUT2D eigenvalue weighted by Gasteiger charge is 2.29. The third-order valence-electron chi connectivity index (χ3n) is 2.81. The summed E-state index contributed by atoms with van der Waals surface area (Å²) in [5, 5.41) is 0. The molecule has 0 unspecified atom stereocenters. The molecule has 1 aliphatic carbocycles. The maximum atomic E-state index is 11.6. The highest BCUT2D eigenvalue weighted by molar-refractivity contribution is 9.09. The average molecular weight is 301 g/mol. The van der Waals surface area contributed by atoms with Crippen molar-refractivity contribution in [2.45, 2.75) is 36.6 Å². The van der Waals surface area contributed by atoms with E-state index >= 15 is 0 Å². The van der Waals surface area contributed by atoms with Crippen molar-refractivity contribution < 1.29 is 18.7 Å². The zero-order chi connectivity index (χ0) is 12.3. The number of esters is 1. The zero-order valence-corrected chi connectivity index (χ0v) is 10.8. The summed E-state index contributed by atoms with van der Waals surface area (Å²) >= 11 is 3.47. The second-order valence-electron chi connectivity index (χ2n) is 4.05. The lowest BCUT2D eigenvalue weighted by Gasteiger charge is -2.26. The Labute approximate surface area is 107 Å². The van der Waals surface area contributed by atoms with Gasteiger partial charge >= 0.3 is 11.8 Å². The summed E-state index contributed by atoms with van der Waals surface area (Å²) in [7, 11) is 0. The van der Waals surface area contributed by atoms with Gasteiger partial charge in [-0.1, -0.05) is 22.4 Å². The number of Topliss-reactive ketones (excluding diaryl/α,β-unsaturated/α-hetero) is 1. The minimum absolute atomic E-state index is 0.0249. The van der Waals surface area contributed by atoms with Gasteiger partial charge in [-0.15, -0.1) is 0 Å². The molecule has 1 aliphatic rings. The van der Waals surface area contributed by atoms with Gasteiger partial charge in [0.2, 0.25) is 0 Å². The number of carbonyl (C=O) groups is 2. The summed E-state index contributed by atoms with van der Waals surface area (Å²) in [4.78, 5) is 23.3. The molecule has 1 fully saturated rings. The van der Waals surface area contributed by atoms with Gasteiger partial charge in [0.05, 0.1) is 11.1 Å². The van der Waals surface area contributed by atoms with Crippen molar-refractivity contribution >= 4 is 27.7 Å². The number of halogens is 1. The molecular formula is C12H13BrO4. The van der Waals surface area contributed by atoms with E-state index in [4.69, 9.17) is 9.15 Å². The molecule has 0 radical (unpaired) electrons. The van der Waals surface area contributed by atoms with Crippen molar-refractivity contribution in [1.82, 2.24) is 0 Å². The molecule has 1 aromatic rings. The standard InChI is InChI=1S/C12H13BrO4/c13-8-4-1-2-5-9(8)17-12(15)11(14)10-6-3-7-16-10/h3,6-9H,1-2,4-5H2/t8-,9-/m1/s1. The Bertz CT molecular complexity index is 399. The van der Waals surface area contributed by atoms with Gasteiger partial charge in [-0.05, 0) is 31.4 Å². The van der Waals surface area contributed by atoms with E-state index in [1.165, 1.54) is 12.3 Å². The summed E-state index contributed by atoms with van der Waals surface area (Å²) in [6.07, 6.45) is 5.05. The Balaban J connectivity index is 1.94. The molecule has 1 aromatic heterocycles. The Morgan fingerprint density at radius 2 is 2.12 bits per heavy atom. The van der Waals surface area contributed by atoms with Crippen LogP contribution < -0.4 is 0 Å². The molecule has 92 valence electrons. The predicted octanol–water partition coefficient (Wildman–Crippen LogP) is 2.71. The minimum Gasteiger partial charge on any atom is -0.461 e. The zero-order valence-electron chi connectivity index (χ0n) is 9.23. The summed E-state index contributed by atoms with van der Waals surface area (Å²) < 4.78 is 10.1. The second-order valence-corrected chi connectivity index (χ2v) is 5.23. The Hall–Kier alpha value is -1.10. The molecule has 0 amide bonds. The van der Waals surface area contributed by atoms with Crippen LogP contribution in [0.5, 0.6) is 0 Å². The topological polar surface area (TPSA) is 56.5 Å². The molecule has 1 heterocycles. The summed E-state index contributed by atoms with van der Waals surface area (Å²) in [6, 6.07) is 3.02. The monoisotopic (exact) mass is 300 g/mol. The molecule has 0 aromatic carbocycles. The van der Waals surface area contributed by atoms with Crippen molar-refractivity contribution in [2.24, 2.45) is 0 Å². The first kappa shape index (κ1) is 12.4. The number of rotatable bonds is 3. The summed E-state index contributed by atoms with van der Waals surface area (Å²) in [6.45, 7) is 0. The van der Waals surface area contributed by atoms with E-state index in [0.717, 1.165) is 25.7 Å². The minimum atomic E-state index is -0.837. The SMILES string of the molecule is O=C(O[C@@H]1CCCC[C@H]1Br)C(=O)c1ccco1. The lowest BCUT2D eigenvalue weighted by molar-refractivity contribution is -0.144. The molecule has 5 heteroatoms. The fourth-order valence-electron chi connectivity index (χ4n) is 1.88. The Morgan fingerprint density at radius 3 is 2.76 bits per heavy atom. The van der Waals surface area contributed by atoms with E-state index in [1.54, 1.807) is 6.07 Å². The summed E-state index contributed by atoms with van der Waals surface area (Å²) in [5.41, 5.74) is 0. The third-order valence-corrected chi connectivity index (χ3v) is 3.86. The Morgan fingerprint density at radius 1 is 1.35 bits per heavy atom. The van der Waals surface area contributed by atoms with Crippen LogP contribution in [0.4, 0.5) is 0 Å². The van der Waals surface area contributed by atoms with Crippen LogP contribution in [0.1, 0.15) is 36.2 Å². The van der Waals surface area contributed by atoms with Crippen molar-refractivity contribution in [1.29, 1.82) is 0 Å². The predicted molar refractivity (Wildman–Crippen MR) is 64.1 cm³/mol. The van der Waals surface area contributed by atoms with E-state index in [0.29, 0.717) is 0 Å². The number of hydrogen-bond acceptors (Lipinski definition) is 4. The molecule has 0 aliphatic heterocycles. The lowest BCUT2D eigenvalue weighted by atomic mass is 9.97. The highest BCUT2D eigenvalue weighted by atomic mass is 79.9. The molecule has 2 atom stereocenters. The first-order valence-corrected chi connectivity index (χ1v) is 6.53. The first-order chi connectivity index (χ1) is 8.18. The van der Waals surface area contributed by atoms with Crippen molar-refractivity contribution in [3.8, 4) is 0 Å². The third kappa shape index (κ3) is 2.97. The molecule has 0 spiro atoms. The first-order valence-electron chi connectivity index (χ1n) is 5.61. The van der Waals surface area contributed by atoms with E-state index in [2.05, 4.69) is 15.9 Å². The van der Waals surface area contributed by atoms with E-state index < -0.39 is 11.8 Å². The van der Waals surface area contributed by atoms with Gasteiger partial charge in [0.15, 0.2) is 5.76 Å². The van der Waals surface area contributed by atoms with Crippen LogP contribution >= 0.6 is 15.9 Å². The number of furan rings is 1. The van der Waals surface area contributed by atoms with Crippen molar-refractivity contribution in [3.05, 3.63) is 24.2 Å². The van der Waals surface area contributed by atoms with Crippen LogP contribution in [0, 0.1) is 0 Å². The van der Waals surface area contributed by atoms with Crippen LogP contribution in [0.3, 0.4) is 0 Å². The highest BCUT2D eigenvalue weighted by Crippen LogP contribution is 2.27. The molecular weight excluding hydrogens is 288 g/mol. The van der Waals surface area contributed by atoms with Crippen LogP contribution in [0.25, 0.3) is 0 Å². The van der Waals surface area contributed by atoms with Gasteiger partial charge in [0.1, 0.15) is 6.10 Å². The second kappa shape index (κ2) is 5.49. The molecule has 0 N–H and O–H groups in total. The number of alkyl halides is 1. The van der Waals surface area contributed by atoms with Gasteiger partial charge in [0.25, 0.3) is 0 Å². The normalized spacial score (nSPS) is 24.3. The van der Waals surface area contributed by atoms with Crippen LogP contribution in [-0.2, 0) is 9.53 Å². The Kier molecular flexibility index (Phi) is 3.99. The lowest BCUT2D eigenvalue weighted by Crippen LogP contribution is -2.33. The number of carbonyl (C=O) groups excluding carboxylic acids is 2. The van der Waals surface area contributed by atoms with Gasteiger partial charge < -0.3 is 9.15 Å². The number of ether oxygens (including phenoxy) is 1. The largest absolute Gasteiger partial charge is 0.461 e. The van der Waals surface area contributed by atoms with Gasteiger partial charge in [0, 0.05) is 0 Å². The van der Waals surface area contributed by atoms with E-state index in [9.17, 15) is 9.59 Å². The fraction of sp³-hybridized carbons (Fsp3) is 0.500. The molecule has 17 heavy (non-hydrogen) atoms. The molecule has 4 nitrogen and oxygen atoms in total. The maximum absolute atomic E-state index is 11.6. The number of hydrogen-bond donors (Lipinski definition) is 0. The molecule has 0 saturated heterocycles. The van der Waals surface area contributed by atoms with Gasteiger partial charge in [-0.3, -0.25) is 4.79 Å². The fourth-order valence-corrected chi connectivity index (χ4v) is 2.58. The van der Waals surface area contributed by atoms with Crippen LogP contribution in [0.15, 0.2) is 22.8 Å². The average Bonchev–Trinajstić information content (AvgIpc) is 2.84. The van der Waals surface area contributed by atoms with Crippen molar-refractivity contribution in [2.75, 3.05) is 0 Å². The van der Waals surface area contributed by atoms with Crippen molar-refractivity contribution in [3.63, 3.8) is 0 Å². The van der Waals surface area contributed by atoms with Crippen LogP contribution in [-0.4, -0.2) is 22.7 Å². The maximum Gasteiger partial charge on any atom is 0.383 e.